The van der Waals surface area contributed by atoms with Crippen molar-refractivity contribution in [2.24, 2.45) is 0 Å². The molecule has 17 heavy (non-hydrogen) atoms. The minimum atomic E-state index is 0.205. The van der Waals surface area contributed by atoms with E-state index in [0.717, 1.165) is 13.0 Å². The maximum atomic E-state index is 4.83. The molecule has 0 unspecified atom stereocenters. The van der Waals surface area contributed by atoms with Gasteiger partial charge in [0.25, 0.3) is 0 Å². The molecule has 0 aliphatic carbocycles. The number of rotatable bonds is 3. The van der Waals surface area contributed by atoms with Gasteiger partial charge in [-0.05, 0) is 13.0 Å². The normalized spacial score (nSPS) is 17.2. The maximum Gasteiger partial charge on any atom is 0.0985 e. The average molecular weight is 252 g/mol. The minimum Gasteiger partial charge on any atom is -0.298 e. The van der Waals surface area contributed by atoms with Crippen molar-refractivity contribution >= 4 is 11.3 Å². The maximum absolute atomic E-state index is 4.83. The highest BCUT2D eigenvalue weighted by atomic mass is 32.1. The molecule has 2 heterocycles. The van der Waals surface area contributed by atoms with E-state index < -0.39 is 0 Å². The van der Waals surface area contributed by atoms with Crippen molar-refractivity contribution in [1.82, 2.24) is 9.88 Å². The highest BCUT2D eigenvalue weighted by Gasteiger charge is 2.25. The van der Waals surface area contributed by atoms with Gasteiger partial charge in [-0.3, -0.25) is 4.90 Å². The molecule has 0 atom stereocenters. The molecule has 0 amide bonds. The van der Waals surface area contributed by atoms with E-state index in [2.05, 4.69) is 32.6 Å². The first kappa shape index (κ1) is 13.0. The third kappa shape index (κ3) is 3.08. The van der Waals surface area contributed by atoms with E-state index in [1.54, 1.807) is 0 Å². The first-order valence-corrected chi connectivity index (χ1v) is 7.53. The van der Waals surface area contributed by atoms with Gasteiger partial charge in [0.2, 0.25) is 0 Å². The van der Waals surface area contributed by atoms with Gasteiger partial charge in [0.15, 0.2) is 0 Å². The van der Waals surface area contributed by atoms with E-state index in [0.29, 0.717) is 0 Å². The first-order valence-electron chi connectivity index (χ1n) is 6.72. The molecule has 0 bridgehead atoms. The highest BCUT2D eigenvalue weighted by molar-refractivity contribution is 7.11. The average Bonchev–Trinajstić information content (AvgIpc) is 2.68. The van der Waals surface area contributed by atoms with Crippen LogP contribution in [0.2, 0.25) is 0 Å². The standard InChI is InChI=1S/C14H24N2S/c1-5-6-8-16-9-7-11-12(10-16)17-13(15-11)14(2,3)4/h5-10H2,1-4H3. The van der Waals surface area contributed by atoms with E-state index in [1.165, 1.54) is 41.5 Å². The minimum absolute atomic E-state index is 0.205. The molecule has 0 aromatic carbocycles. The summed E-state index contributed by atoms with van der Waals surface area (Å²) in [7, 11) is 0. The molecule has 1 aromatic rings. The number of aromatic nitrogens is 1. The van der Waals surface area contributed by atoms with Crippen LogP contribution in [0.5, 0.6) is 0 Å². The SMILES string of the molecule is CCCCN1CCc2nc(C(C)(C)C)sc2C1. The van der Waals surface area contributed by atoms with Crippen molar-refractivity contribution in [2.45, 2.75) is 58.9 Å². The van der Waals surface area contributed by atoms with E-state index in [9.17, 15) is 0 Å². The number of hydrogen-bond donors (Lipinski definition) is 0. The molecule has 0 spiro atoms. The van der Waals surface area contributed by atoms with Crippen LogP contribution in [-0.2, 0) is 18.4 Å². The van der Waals surface area contributed by atoms with E-state index in [4.69, 9.17) is 4.98 Å². The summed E-state index contributed by atoms with van der Waals surface area (Å²) < 4.78 is 0. The fourth-order valence-corrected chi connectivity index (χ4v) is 3.35. The number of nitrogens with zero attached hydrogens (tertiary/aromatic N) is 2. The molecular weight excluding hydrogens is 228 g/mol. The monoisotopic (exact) mass is 252 g/mol. The van der Waals surface area contributed by atoms with Crippen LogP contribution in [-0.4, -0.2) is 23.0 Å². The van der Waals surface area contributed by atoms with Crippen LogP contribution in [0, 0.1) is 0 Å². The predicted octanol–water partition coefficient (Wildman–Crippen LogP) is 3.60. The Labute approximate surface area is 109 Å². The number of fused-ring (bicyclic) bond motifs is 1. The lowest BCUT2D eigenvalue weighted by molar-refractivity contribution is 0.252. The van der Waals surface area contributed by atoms with Crippen LogP contribution in [0.25, 0.3) is 0 Å². The summed E-state index contributed by atoms with van der Waals surface area (Å²) in [6, 6.07) is 0. The topological polar surface area (TPSA) is 16.1 Å². The van der Waals surface area contributed by atoms with Crippen molar-refractivity contribution in [3.63, 3.8) is 0 Å². The summed E-state index contributed by atoms with van der Waals surface area (Å²) in [5.74, 6) is 0. The van der Waals surface area contributed by atoms with E-state index in [1.807, 2.05) is 11.3 Å². The van der Waals surface area contributed by atoms with E-state index >= 15 is 0 Å². The summed E-state index contributed by atoms with van der Waals surface area (Å²) in [5.41, 5.74) is 1.57. The number of hydrogen-bond acceptors (Lipinski definition) is 3. The Morgan fingerprint density at radius 2 is 2.12 bits per heavy atom. The molecule has 2 rings (SSSR count). The van der Waals surface area contributed by atoms with Crippen molar-refractivity contribution in [2.75, 3.05) is 13.1 Å². The van der Waals surface area contributed by atoms with Gasteiger partial charge in [-0.15, -0.1) is 11.3 Å². The molecular formula is C14H24N2S. The van der Waals surface area contributed by atoms with Crippen molar-refractivity contribution in [3.8, 4) is 0 Å². The molecule has 96 valence electrons. The Morgan fingerprint density at radius 3 is 2.76 bits per heavy atom. The molecule has 0 fully saturated rings. The largest absolute Gasteiger partial charge is 0.298 e. The summed E-state index contributed by atoms with van der Waals surface area (Å²) >= 11 is 1.93. The van der Waals surface area contributed by atoms with Gasteiger partial charge in [0.05, 0.1) is 10.7 Å². The van der Waals surface area contributed by atoms with Crippen LogP contribution < -0.4 is 0 Å². The smallest absolute Gasteiger partial charge is 0.0985 e. The van der Waals surface area contributed by atoms with Gasteiger partial charge in [0, 0.05) is 29.8 Å². The summed E-state index contributed by atoms with van der Waals surface area (Å²) in [4.78, 5) is 8.92. The van der Waals surface area contributed by atoms with E-state index in [-0.39, 0.29) is 5.41 Å². The van der Waals surface area contributed by atoms with Gasteiger partial charge in [-0.1, -0.05) is 34.1 Å². The fraction of sp³-hybridized carbons (Fsp3) is 0.786. The molecule has 2 nitrogen and oxygen atoms in total. The molecule has 0 radical (unpaired) electrons. The predicted molar refractivity (Wildman–Crippen MR) is 74.7 cm³/mol. The first-order chi connectivity index (χ1) is 8.00. The zero-order chi connectivity index (χ0) is 12.5. The number of thiazole rings is 1. The Kier molecular flexibility index (Phi) is 3.88. The Morgan fingerprint density at radius 1 is 1.35 bits per heavy atom. The second kappa shape index (κ2) is 5.07. The molecule has 1 aromatic heterocycles. The Hall–Kier alpha value is -0.410. The van der Waals surface area contributed by atoms with Gasteiger partial charge < -0.3 is 0 Å². The third-order valence-electron chi connectivity index (χ3n) is 3.28. The molecule has 0 N–H and O–H groups in total. The molecule has 0 saturated carbocycles. The quantitative estimate of drug-likeness (QED) is 0.817. The zero-order valence-corrected chi connectivity index (χ0v) is 12.4. The second-order valence-electron chi connectivity index (χ2n) is 6.02. The molecule has 1 aliphatic rings. The van der Waals surface area contributed by atoms with Crippen molar-refractivity contribution < 1.29 is 0 Å². The molecule has 3 heteroatoms. The van der Waals surface area contributed by atoms with Crippen LogP contribution in [0.3, 0.4) is 0 Å². The van der Waals surface area contributed by atoms with Crippen LogP contribution in [0.4, 0.5) is 0 Å². The number of unbranched alkanes of at least 4 members (excludes halogenated alkanes) is 1. The van der Waals surface area contributed by atoms with Crippen molar-refractivity contribution in [3.05, 3.63) is 15.6 Å². The molecule has 0 saturated heterocycles. The van der Waals surface area contributed by atoms with Gasteiger partial charge in [0.1, 0.15) is 0 Å². The van der Waals surface area contributed by atoms with Gasteiger partial charge in [-0.2, -0.15) is 0 Å². The summed E-state index contributed by atoms with van der Waals surface area (Å²) in [6.07, 6.45) is 3.76. The van der Waals surface area contributed by atoms with Crippen LogP contribution in [0.15, 0.2) is 0 Å². The summed E-state index contributed by atoms with van der Waals surface area (Å²) in [6.45, 7) is 12.6. The second-order valence-corrected chi connectivity index (χ2v) is 7.10. The lowest BCUT2D eigenvalue weighted by Gasteiger charge is -2.25. The Balaban J connectivity index is 2.08. The zero-order valence-electron chi connectivity index (χ0n) is 11.5. The highest BCUT2D eigenvalue weighted by Crippen LogP contribution is 2.32. The fourth-order valence-electron chi connectivity index (χ4n) is 2.14. The lowest BCUT2D eigenvalue weighted by atomic mass is 9.98. The van der Waals surface area contributed by atoms with Crippen LogP contribution >= 0.6 is 11.3 Å². The van der Waals surface area contributed by atoms with Crippen molar-refractivity contribution in [1.29, 1.82) is 0 Å². The molecule has 1 aliphatic heterocycles. The third-order valence-corrected chi connectivity index (χ3v) is 4.79. The Bertz CT molecular complexity index is 376. The lowest BCUT2D eigenvalue weighted by Crippen LogP contribution is -2.30. The summed E-state index contributed by atoms with van der Waals surface area (Å²) in [5, 5.41) is 1.31. The van der Waals surface area contributed by atoms with Gasteiger partial charge in [-0.25, -0.2) is 4.98 Å². The van der Waals surface area contributed by atoms with Crippen LogP contribution in [0.1, 0.15) is 56.1 Å². The van der Waals surface area contributed by atoms with Gasteiger partial charge >= 0.3 is 0 Å².